The molecule has 0 heterocycles. The molecule has 0 amide bonds. The third kappa shape index (κ3) is 1.76. The molecule has 0 saturated heterocycles. The lowest BCUT2D eigenvalue weighted by Crippen LogP contribution is -1.80. The van der Waals surface area contributed by atoms with Gasteiger partial charge in [-0.2, -0.15) is 0 Å². The predicted molar refractivity (Wildman–Crippen MR) is 59.3 cm³/mol. The fraction of sp³-hybridized carbons (Fsp3) is 0.273. The Labute approximate surface area is 76.9 Å². The van der Waals surface area contributed by atoms with Crippen LogP contribution < -0.4 is 0 Å². The molecule has 1 heteroatoms. The Morgan fingerprint density at radius 1 is 1.17 bits per heavy atom. The molecule has 0 aliphatic heterocycles. The summed E-state index contributed by atoms with van der Waals surface area (Å²) in [6, 6.07) is 8.48. The second-order valence-electron chi connectivity index (χ2n) is 2.51. The summed E-state index contributed by atoms with van der Waals surface area (Å²) >= 11 is 0. The molecule has 0 N–H and O–H groups in total. The number of rotatable bonds is 0. The maximum absolute atomic E-state index is 2.81. The lowest BCUT2D eigenvalue weighted by molar-refractivity contribution is 1.27. The van der Waals surface area contributed by atoms with Crippen molar-refractivity contribution in [3.05, 3.63) is 41.5 Å². The van der Waals surface area contributed by atoms with Gasteiger partial charge in [-0.15, -0.1) is 9.24 Å². The van der Waals surface area contributed by atoms with Gasteiger partial charge in [-0.1, -0.05) is 50.3 Å². The van der Waals surface area contributed by atoms with Crippen LogP contribution in [0, 0.1) is 0 Å². The largest absolute Gasteiger partial charge is 0.126 e. The van der Waals surface area contributed by atoms with Gasteiger partial charge >= 0.3 is 0 Å². The number of hydrogen-bond donors (Lipinski definition) is 0. The van der Waals surface area contributed by atoms with Crippen molar-refractivity contribution in [1.29, 1.82) is 0 Å². The summed E-state index contributed by atoms with van der Waals surface area (Å²) in [5.74, 6) is 0. The molecular weight excluding hydrogens is 163 g/mol. The number of benzene rings is 1. The molecule has 1 aliphatic carbocycles. The molecule has 1 aliphatic rings. The Bertz CT molecular complexity index is 276. The summed E-state index contributed by atoms with van der Waals surface area (Å²) in [4.78, 5) is 0. The Morgan fingerprint density at radius 2 is 1.83 bits per heavy atom. The molecule has 2 atom stereocenters. The highest BCUT2D eigenvalue weighted by molar-refractivity contribution is 7.17. The smallest absolute Gasteiger partial charge is 0.0172 e. The molecular formula is C11H15P. The molecule has 64 valence electrons. The SMILES string of the molecule is CC.PC1C=Cc2ccccc21. The van der Waals surface area contributed by atoms with Gasteiger partial charge in [0.1, 0.15) is 0 Å². The molecule has 2 unspecified atom stereocenters. The predicted octanol–water partition coefficient (Wildman–Crippen LogP) is 3.66. The summed E-state index contributed by atoms with van der Waals surface area (Å²) in [5.41, 5.74) is 3.33. The van der Waals surface area contributed by atoms with Gasteiger partial charge in [0.05, 0.1) is 0 Å². The molecule has 1 aromatic carbocycles. The van der Waals surface area contributed by atoms with Crippen molar-refractivity contribution < 1.29 is 0 Å². The third-order valence-electron chi connectivity index (χ3n) is 1.84. The van der Waals surface area contributed by atoms with Gasteiger partial charge in [0, 0.05) is 5.66 Å². The van der Waals surface area contributed by atoms with Crippen LogP contribution in [0.3, 0.4) is 0 Å². The standard InChI is InChI=1S/C9H9P.C2H6/c10-9-6-5-7-3-1-2-4-8(7)9;1-2/h1-6,9H,10H2;1-2H3. The topological polar surface area (TPSA) is 0 Å². The van der Waals surface area contributed by atoms with Crippen LogP contribution in [0.1, 0.15) is 30.6 Å². The highest BCUT2D eigenvalue weighted by Crippen LogP contribution is 2.33. The van der Waals surface area contributed by atoms with Crippen LogP contribution in [0.2, 0.25) is 0 Å². The monoisotopic (exact) mass is 178 g/mol. The molecule has 1 aromatic rings. The van der Waals surface area contributed by atoms with Crippen molar-refractivity contribution in [3.8, 4) is 0 Å². The van der Waals surface area contributed by atoms with E-state index in [1.165, 1.54) is 11.1 Å². The number of allylic oxidation sites excluding steroid dienone is 1. The minimum absolute atomic E-state index is 0.538. The molecule has 0 aromatic heterocycles. The van der Waals surface area contributed by atoms with Gasteiger partial charge in [0.25, 0.3) is 0 Å². The van der Waals surface area contributed by atoms with Gasteiger partial charge < -0.3 is 0 Å². The van der Waals surface area contributed by atoms with Crippen LogP contribution in [0.4, 0.5) is 0 Å². The van der Waals surface area contributed by atoms with Crippen LogP contribution in [0.5, 0.6) is 0 Å². The van der Waals surface area contributed by atoms with E-state index in [0.29, 0.717) is 5.66 Å². The maximum atomic E-state index is 2.81. The fourth-order valence-corrected chi connectivity index (χ4v) is 1.69. The van der Waals surface area contributed by atoms with Gasteiger partial charge in [-0.05, 0) is 11.1 Å². The first-order valence-electron chi connectivity index (χ1n) is 4.40. The van der Waals surface area contributed by atoms with E-state index in [9.17, 15) is 0 Å². The molecule has 0 radical (unpaired) electrons. The molecule has 0 bridgehead atoms. The van der Waals surface area contributed by atoms with Crippen molar-refractivity contribution in [2.24, 2.45) is 0 Å². The van der Waals surface area contributed by atoms with E-state index >= 15 is 0 Å². The van der Waals surface area contributed by atoms with Gasteiger partial charge in [-0.25, -0.2) is 0 Å². The van der Waals surface area contributed by atoms with Crippen molar-refractivity contribution in [3.63, 3.8) is 0 Å². The van der Waals surface area contributed by atoms with Crippen LogP contribution >= 0.6 is 9.24 Å². The van der Waals surface area contributed by atoms with Gasteiger partial charge in [0.2, 0.25) is 0 Å². The first-order valence-corrected chi connectivity index (χ1v) is 5.07. The van der Waals surface area contributed by atoms with E-state index in [-0.39, 0.29) is 0 Å². The van der Waals surface area contributed by atoms with E-state index in [1.54, 1.807) is 0 Å². The number of fused-ring (bicyclic) bond motifs is 1. The van der Waals surface area contributed by atoms with Crippen molar-refractivity contribution in [2.75, 3.05) is 0 Å². The van der Waals surface area contributed by atoms with E-state index in [4.69, 9.17) is 0 Å². The minimum atomic E-state index is 0.538. The average molecular weight is 178 g/mol. The molecule has 0 nitrogen and oxygen atoms in total. The van der Waals surface area contributed by atoms with E-state index in [1.807, 2.05) is 13.8 Å². The van der Waals surface area contributed by atoms with Crippen LogP contribution in [0.25, 0.3) is 6.08 Å². The Hall–Kier alpha value is -0.610. The minimum Gasteiger partial charge on any atom is -0.126 e. The van der Waals surface area contributed by atoms with Crippen molar-refractivity contribution >= 4 is 15.3 Å². The lowest BCUT2D eigenvalue weighted by atomic mass is 10.1. The first kappa shape index (κ1) is 9.48. The highest BCUT2D eigenvalue weighted by atomic mass is 31.0. The third-order valence-corrected chi connectivity index (χ3v) is 2.42. The first-order chi connectivity index (χ1) is 5.88. The zero-order valence-electron chi connectivity index (χ0n) is 7.62. The average Bonchev–Trinajstić information content (AvgIpc) is 2.53. The molecule has 0 fully saturated rings. The summed E-state index contributed by atoms with van der Waals surface area (Å²) < 4.78 is 0. The van der Waals surface area contributed by atoms with Crippen LogP contribution in [-0.4, -0.2) is 0 Å². The quantitative estimate of drug-likeness (QED) is 0.532. The Balaban J connectivity index is 0.000000336. The summed E-state index contributed by atoms with van der Waals surface area (Å²) in [5, 5.41) is 0. The molecule has 2 rings (SSSR count). The van der Waals surface area contributed by atoms with Crippen molar-refractivity contribution in [2.45, 2.75) is 19.5 Å². The maximum Gasteiger partial charge on any atom is 0.0172 e. The zero-order chi connectivity index (χ0) is 8.97. The van der Waals surface area contributed by atoms with E-state index in [0.717, 1.165) is 0 Å². The van der Waals surface area contributed by atoms with Gasteiger partial charge in [-0.3, -0.25) is 0 Å². The second-order valence-corrected chi connectivity index (χ2v) is 3.23. The summed E-state index contributed by atoms with van der Waals surface area (Å²) in [6.45, 7) is 4.00. The second kappa shape index (κ2) is 4.42. The molecule has 0 saturated carbocycles. The summed E-state index contributed by atoms with van der Waals surface area (Å²) in [6.07, 6.45) is 4.38. The highest BCUT2D eigenvalue weighted by Gasteiger charge is 2.10. The van der Waals surface area contributed by atoms with Crippen molar-refractivity contribution in [1.82, 2.24) is 0 Å². The van der Waals surface area contributed by atoms with E-state index in [2.05, 4.69) is 45.7 Å². The van der Waals surface area contributed by atoms with Crippen LogP contribution in [-0.2, 0) is 0 Å². The summed E-state index contributed by atoms with van der Waals surface area (Å²) in [7, 11) is 2.81. The Morgan fingerprint density at radius 3 is 2.50 bits per heavy atom. The van der Waals surface area contributed by atoms with Gasteiger partial charge in [0.15, 0.2) is 0 Å². The Kier molecular flexibility index (Phi) is 3.49. The fourth-order valence-electron chi connectivity index (χ4n) is 1.28. The number of hydrogen-bond acceptors (Lipinski definition) is 0. The zero-order valence-corrected chi connectivity index (χ0v) is 8.77. The normalized spacial score (nSPS) is 18.1. The molecule has 12 heavy (non-hydrogen) atoms. The lowest BCUT2D eigenvalue weighted by Gasteiger charge is -2.01. The van der Waals surface area contributed by atoms with Crippen LogP contribution in [0.15, 0.2) is 30.3 Å². The van der Waals surface area contributed by atoms with E-state index < -0.39 is 0 Å². The molecule has 0 spiro atoms.